The lowest BCUT2D eigenvalue weighted by Crippen LogP contribution is -2.76. The number of hydrazine groups is 1. The Morgan fingerprint density at radius 3 is 2.55 bits per heavy atom. The predicted molar refractivity (Wildman–Crippen MR) is 145 cm³/mol. The topological polar surface area (TPSA) is 115 Å². The molecule has 0 aromatic heterocycles. The Morgan fingerprint density at radius 2 is 1.85 bits per heavy atom. The number of benzene rings is 1. The van der Waals surface area contributed by atoms with E-state index in [0.717, 1.165) is 37.7 Å². The van der Waals surface area contributed by atoms with Gasteiger partial charge >= 0.3 is 12.1 Å². The van der Waals surface area contributed by atoms with Gasteiger partial charge in [-0.15, -0.1) is 0 Å². The second-order valence-electron chi connectivity index (χ2n) is 10.5. The molecule has 1 saturated carbocycles. The maximum absolute atomic E-state index is 13.8. The molecule has 1 aromatic carbocycles. The summed E-state index contributed by atoms with van der Waals surface area (Å²) in [7, 11) is 1.68. The third-order valence-electron chi connectivity index (χ3n) is 7.72. The summed E-state index contributed by atoms with van der Waals surface area (Å²) in [5.74, 6) is -0.693. The van der Waals surface area contributed by atoms with E-state index in [1.165, 1.54) is 23.2 Å². The van der Waals surface area contributed by atoms with Crippen molar-refractivity contribution < 1.29 is 28.3 Å². The third kappa shape index (κ3) is 6.90. The number of fused-ring (bicyclic) bond motifs is 1. The second kappa shape index (κ2) is 13.6. The molecule has 2 aliphatic heterocycles. The normalized spacial score (nSPS) is 22.1. The van der Waals surface area contributed by atoms with Crippen LogP contribution in [0.3, 0.4) is 0 Å². The minimum Gasteiger partial charge on any atom is -0.445 e. The van der Waals surface area contributed by atoms with E-state index in [-0.39, 0.29) is 56.5 Å². The molecular weight excluding hydrogens is 519 g/mol. The van der Waals surface area contributed by atoms with E-state index >= 15 is 0 Å². The van der Waals surface area contributed by atoms with Crippen LogP contribution in [-0.2, 0) is 20.9 Å². The van der Waals surface area contributed by atoms with Gasteiger partial charge in [0, 0.05) is 26.2 Å². The van der Waals surface area contributed by atoms with Crippen molar-refractivity contribution in [3.63, 3.8) is 0 Å². The lowest BCUT2D eigenvalue weighted by molar-refractivity contribution is -0.190. The number of carbonyl (C=O) groups excluding carboxylic acids is 4. The summed E-state index contributed by atoms with van der Waals surface area (Å²) in [4.78, 5) is 55.9. The summed E-state index contributed by atoms with van der Waals surface area (Å²) in [5.41, 5.74) is 0.738. The molecule has 4 rings (SSSR count). The Balaban J connectivity index is 1.51. The van der Waals surface area contributed by atoms with E-state index in [4.69, 9.17) is 4.74 Å². The molecule has 5 amide bonds. The Morgan fingerprint density at radius 1 is 1.12 bits per heavy atom. The number of nitrogens with one attached hydrogen (secondary N) is 2. The van der Waals surface area contributed by atoms with Gasteiger partial charge in [0.15, 0.2) is 0 Å². The zero-order valence-electron chi connectivity index (χ0n) is 23.0. The van der Waals surface area contributed by atoms with Crippen molar-refractivity contribution in [1.82, 2.24) is 30.5 Å². The number of hydrogen-bond donors (Lipinski definition) is 2. The first-order valence-electron chi connectivity index (χ1n) is 14.0. The number of ether oxygens (including phenoxy) is 1. The van der Waals surface area contributed by atoms with Crippen LogP contribution in [0.5, 0.6) is 0 Å². The van der Waals surface area contributed by atoms with Crippen LogP contribution in [0.1, 0.15) is 50.5 Å². The number of urea groups is 1. The Hall–Kier alpha value is -3.67. The van der Waals surface area contributed by atoms with Gasteiger partial charge in [0.1, 0.15) is 24.6 Å². The number of piperazine rings is 1. The van der Waals surface area contributed by atoms with Gasteiger partial charge in [0.2, 0.25) is 11.8 Å². The molecule has 2 heterocycles. The fraction of sp³-hybridized carbons (Fsp3) is 0.571. The fourth-order valence-corrected chi connectivity index (χ4v) is 5.80. The lowest BCUT2D eigenvalue weighted by atomic mass is 9.91. The van der Waals surface area contributed by atoms with Crippen molar-refractivity contribution in [3.8, 4) is 0 Å². The molecule has 12 heteroatoms. The van der Waals surface area contributed by atoms with Crippen LogP contribution >= 0.6 is 0 Å². The Labute approximate surface area is 234 Å². The van der Waals surface area contributed by atoms with Crippen LogP contribution in [0.15, 0.2) is 36.9 Å². The minimum atomic E-state index is -0.750. The average molecular weight is 559 g/mol. The SMILES string of the molecule is C=CCOC(=O)NCCC[C@H]1C(=O)N(C2CCCCC2)CC2N1C(=O)CN(C)N2C(=O)NCc1ccc(F)cc1. The van der Waals surface area contributed by atoms with Gasteiger partial charge in [-0.1, -0.05) is 44.1 Å². The minimum absolute atomic E-state index is 0.0557. The van der Waals surface area contributed by atoms with Crippen molar-refractivity contribution in [2.45, 2.75) is 69.7 Å². The van der Waals surface area contributed by atoms with Crippen LogP contribution in [0.2, 0.25) is 0 Å². The standard InChI is InChI=1S/C28H39FN6O5/c1-3-16-40-28(39)30-15-7-10-23-26(37)33(22-8-5-4-6-9-22)18-24-34(23)25(36)19-32(2)35(24)27(38)31-17-20-11-13-21(29)14-12-20/h3,11-14,22-24H,1,4-10,15-19H2,2H3,(H,30,39)(H,31,38)/t23-,24?/m0/s1. The van der Waals surface area contributed by atoms with Crippen LogP contribution in [0.4, 0.5) is 14.0 Å². The largest absolute Gasteiger partial charge is 0.445 e. The first-order valence-corrected chi connectivity index (χ1v) is 14.0. The molecular formula is C28H39FN6O5. The molecule has 0 bridgehead atoms. The van der Waals surface area contributed by atoms with E-state index in [1.54, 1.807) is 29.1 Å². The van der Waals surface area contributed by atoms with E-state index in [0.29, 0.717) is 12.8 Å². The lowest BCUT2D eigenvalue weighted by Gasteiger charge is -2.56. The van der Waals surface area contributed by atoms with Crippen molar-refractivity contribution >= 4 is 23.9 Å². The summed E-state index contributed by atoms with van der Waals surface area (Å²) in [6.07, 6.45) is 5.99. The summed E-state index contributed by atoms with van der Waals surface area (Å²) in [6, 6.07) is 4.78. The first-order chi connectivity index (χ1) is 19.3. The molecule has 1 aromatic rings. The first kappa shape index (κ1) is 29.3. The van der Waals surface area contributed by atoms with Crippen LogP contribution in [0, 0.1) is 5.82 Å². The number of amides is 5. The monoisotopic (exact) mass is 558 g/mol. The molecule has 2 atom stereocenters. The zero-order chi connectivity index (χ0) is 28.6. The number of rotatable bonds is 9. The molecule has 1 aliphatic carbocycles. The van der Waals surface area contributed by atoms with Gasteiger partial charge in [0.05, 0.1) is 13.1 Å². The number of likely N-dealkylation sites (N-methyl/N-ethyl adjacent to an activating group) is 1. The molecule has 218 valence electrons. The highest BCUT2D eigenvalue weighted by molar-refractivity contribution is 5.91. The van der Waals surface area contributed by atoms with E-state index in [1.807, 2.05) is 4.90 Å². The molecule has 2 N–H and O–H groups in total. The highest BCUT2D eigenvalue weighted by Crippen LogP contribution is 2.32. The number of alkyl carbamates (subject to hydrolysis) is 1. The van der Waals surface area contributed by atoms with Gasteiger partial charge in [-0.3, -0.25) is 9.59 Å². The summed E-state index contributed by atoms with van der Waals surface area (Å²) in [5, 5.41) is 8.65. The second-order valence-corrected chi connectivity index (χ2v) is 10.5. The smallest absolute Gasteiger partial charge is 0.407 e. The maximum Gasteiger partial charge on any atom is 0.407 e. The summed E-state index contributed by atoms with van der Waals surface area (Å²) < 4.78 is 18.2. The number of halogens is 1. The van der Waals surface area contributed by atoms with Crippen LogP contribution < -0.4 is 10.6 Å². The Bertz CT molecular complexity index is 1080. The van der Waals surface area contributed by atoms with Gasteiger partial charge in [0.25, 0.3) is 0 Å². The van der Waals surface area contributed by atoms with Crippen molar-refractivity contribution in [3.05, 3.63) is 48.3 Å². The molecule has 3 fully saturated rings. The van der Waals surface area contributed by atoms with Crippen LogP contribution in [0.25, 0.3) is 0 Å². The summed E-state index contributed by atoms with van der Waals surface area (Å²) >= 11 is 0. The number of hydrogen-bond acceptors (Lipinski definition) is 6. The van der Waals surface area contributed by atoms with E-state index < -0.39 is 24.3 Å². The quantitative estimate of drug-likeness (QED) is 0.356. The van der Waals surface area contributed by atoms with Crippen LogP contribution in [-0.4, -0.2) is 95.3 Å². The van der Waals surface area contributed by atoms with Gasteiger partial charge in [-0.2, -0.15) is 0 Å². The summed E-state index contributed by atoms with van der Waals surface area (Å²) in [6.45, 7) is 4.24. The van der Waals surface area contributed by atoms with Gasteiger partial charge in [-0.05, 0) is 43.4 Å². The van der Waals surface area contributed by atoms with Gasteiger partial charge in [-0.25, -0.2) is 24.0 Å². The van der Waals surface area contributed by atoms with Crippen molar-refractivity contribution in [2.75, 3.05) is 33.3 Å². The molecule has 40 heavy (non-hydrogen) atoms. The highest BCUT2D eigenvalue weighted by atomic mass is 19.1. The molecule has 2 saturated heterocycles. The fourth-order valence-electron chi connectivity index (χ4n) is 5.80. The molecule has 1 unspecified atom stereocenters. The third-order valence-corrected chi connectivity index (χ3v) is 7.72. The molecule has 3 aliphatic rings. The predicted octanol–water partition coefficient (Wildman–Crippen LogP) is 2.59. The highest BCUT2D eigenvalue weighted by Gasteiger charge is 2.51. The average Bonchev–Trinajstić information content (AvgIpc) is 2.95. The van der Waals surface area contributed by atoms with Crippen molar-refractivity contribution in [2.24, 2.45) is 0 Å². The maximum atomic E-state index is 13.8. The molecule has 0 spiro atoms. The van der Waals surface area contributed by atoms with E-state index in [2.05, 4.69) is 17.2 Å². The zero-order valence-corrected chi connectivity index (χ0v) is 23.0. The van der Waals surface area contributed by atoms with Crippen molar-refractivity contribution in [1.29, 1.82) is 0 Å². The number of carbonyl (C=O) groups is 4. The van der Waals surface area contributed by atoms with E-state index in [9.17, 15) is 23.6 Å². The van der Waals surface area contributed by atoms with Gasteiger partial charge < -0.3 is 25.2 Å². The number of nitrogens with zero attached hydrogens (tertiary/aromatic N) is 4. The molecule has 11 nitrogen and oxygen atoms in total. The molecule has 0 radical (unpaired) electrons. The Kier molecular flexibility index (Phi) is 9.97.